The van der Waals surface area contributed by atoms with Gasteiger partial charge in [0.25, 0.3) is 0 Å². The summed E-state index contributed by atoms with van der Waals surface area (Å²) in [4.78, 5) is 29.6. The highest BCUT2D eigenvalue weighted by Crippen LogP contribution is 2.37. The Morgan fingerprint density at radius 1 is 1.27 bits per heavy atom. The molecule has 0 aromatic heterocycles. The van der Waals surface area contributed by atoms with Crippen molar-refractivity contribution in [3.8, 4) is 0 Å². The summed E-state index contributed by atoms with van der Waals surface area (Å²) in [5.41, 5.74) is -1.93. The fraction of sp³-hybridized carbons (Fsp3) is 0.765. The number of ether oxygens (including phenoxy) is 3. The van der Waals surface area contributed by atoms with Crippen LogP contribution in [-0.2, 0) is 19.0 Å². The van der Waals surface area contributed by atoms with Crippen molar-refractivity contribution in [2.45, 2.75) is 121 Å². The maximum Gasteiger partial charge on any atom is 0.410 e. The number of carbonyl (C=O) groups excluding carboxylic acids is 2. The van der Waals surface area contributed by atoms with Gasteiger partial charge in [-0.2, -0.15) is 0 Å². The van der Waals surface area contributed by atoms with E-state index in [1.54, 1.807) is 49.1 Å². The van der Waals surface area contributed by atoms with Gasteiger partial charge in [-0.05, 0) is 58.7 Å². The lowest BCUT2D eigenvalue weighted by molar-refractivity contribution is -0.151. The van der Waals surface area contributed by atoms with E-state index in [9.17, 15) is 30.0 Å². The summed E-state index contributed by atoms with van der Waals surface area (Å²) in [7, 11) is 1.99. The molecule has 3 aliphatic rings. The third-order valence-electron chi connectivity index (χ3n) is 9.36. The van der Waals surface area contributed by atoms with Crippen molar-refractivity contribution in [3.05, 3.63) is 36.0 Å². The Balaban J connectivity index is 1.74. The van der Waals surface area contributed by atoms with Crippen LogP contribution in [0, 0.1) is 11.8 Å². The van der Waals surface area contributed by atoms with Gasteiger partial charge >= 0.3 is 12.1 Å². The van der Waals surface area contributed by atoms with Crippen LogP contribution in [0.15, 0.2) is 36.0 Å². The van der Waals surface area contributed by atoms with Crippen LogP contribution in [0.4, 0.5) is 4.79 Å². The van der Waals surface area contributed by atoms with Gasteiger partial charge in [0.2, 0.25) is 0 Å². The number of epoxide rings is 1. The first-order valence-corrected chi connectivity index (χ1v) is 16.4. The average Bonchev–Trinajstić information content (AvgIpc) is 3.73. The Labute approximate surface area is 268 Å². The third-order valence-corrected chi connectivity index (χ3v) is 9.36. The number of hydrogen-bond donors (Lipinski definition) is 4. The van der Waals surface area contributed by atoms with Crippen molar-refractivity contribution in [2.75, 3.05) is 33.2 Å². The second kappa shape index (κ2) is 16.0. The van der Waals surface area contributed by atoms with Gasteiger partial charge in [-0.3, -0.25) is 4.79 Å². The van der Waals surface area contributed by atoms with Gasteiger partial charge in [-0.25, -0.2) is 4.79 Å². The molecular weight excluding hydrogens is 580 g/mol. The zero-order chi connectivity index (χ0) is 33.5. The summed E-state index contributed by atoms with van der Waals surface area (Å²) >= 11 is 0. The molecule has 0 unspecified atom stereocenters. The van der Waals surface area contributed by atoms with Crippen LogP contribution in [0.25, 0.3) is 0 Å². The molecule has 0 saturated carbocycles. The number of aliphatic hydroxyl groups is 4. The Morgan fingerprint density at radius 2 is 1.93 bits per heavy atom. The van der Waals surface area contributed by atoms with Gasteiger partial charge in [0, 0.05) is 44.4 Å². The summed E-state index contributed by atoms with van der Waals surface area (Å²) in [5, 5.41) is 43.0. The topological polar surface area (TPSA) is 153 Å². The zero-order valence-electron chi connectivity index (χ0n) is 28.1. The lowest BCUT2D eigenvalue weighted by Crippen LogP contribution is -2.50. The normalized spacial score (nSPS) is 35.8. The number of esters is 1. The molecule has 45 heavy (non-hydrogen) atoms. The molecule has 11 heteroatoms. The summed E-state index contributed by atoms with van der Waals surface area (Å²) in [6.45, 7) is 13.3. The number of hydrogen-bond acceptors (Lipinski definition) is 10. The summed E-state index contributed by atoms with van der Waals surface area (Å²) in [6.07, 6.45) is 5.71. The van der Waals surface area contributed by atoms with E-state index in [-0.39, 0.29) is 43.3 Å². The average molecular weight is 637 g/mol. The lowest BCUT2D eigenvalue weighted by atomic mass is 9.88. The first-order chi connectivity index (χ1) is 21.0. The SMILES string of the molecule is CC[C@H](O)[C@@H](C)[C@@H]1O[C@@H]1C[C@@](C)(O)/C=C/C=C(\C)[C@H]1OC(=O)C[C@H](O)CC[C@@](C)(O)[C@@H](OC(=O)N2CCN(C)CC2)/C=C\[C@@H]1C. The predicted octanol–water partition coefficient (Wildman–Crippen LogP) is 2.96. The first kappa shape index (κ1) is 37.2. The highest BCUT2D eigenvalue weighted by Gasteiger charge is 2.47. The van der Waals surface area contributed by atoms with Gasteiger partial charge in [-0.1, -0.05) is 45.1 Å². The second-order valence-corrected chi connectivity index (χ2v) is 13.8. The molecule has 0 bridgehead atoms. The van der Waals surface area contributed by atoms with E-state index in [0.717, 1.165) is 13.1 Å². The molecule has 256 valence electrons. The number of likely N-dealkylation sites (N-methyl/N-ethyl adjacent to an activating group) is 1. The Morgan fingerprint density at radius 3 is 2.58 bits per heavy atom. The molecule has 11 nitrogen and oxygen atoms in total. The van der Waals surface area contributed by atoms with Crippen molar-refractivity contribution < 1.29 is 44.2 Å². The Hall–Kier alpha value is -2.28. The van der Waals surface area contributed by atoms with Crippen LogP contribution in [0.2, 0.25) is 0 Å². The van der Waals surface area contributed by atoms with E-state index in [2.05, 4.69) is 4.90 Å². The highest BCUT2D eigenvalue weighted by molar-refractivity contribution is 5.70. The standard InChI is InChI=1S/C34H56N2O9/c1-8-26(38)24(4)31-27(43-31)21-33(5,41)14-9-10-22(2)30-23(3)11-12-28(44-32(40)36-18-16-35(7)17-19-36)34(6,42)15-13-25(37)20-29(39)45-30/h9-12,14,23-28,30-31,37-38,41-42H,8,13,15-21H2,1-7H3/b12-11-,14-9+,22-10+/t23-,24+,25+,26-,27+,28-,30+,31-,33-,34+/m0/s1. The van der Waals surface area contributed by atoms with E-state index < -0.39 is 47.7 Å². The molecule has 3 rings (SSSR count). The predicted molar refractivity (Wildman–Crippen MR) is 170 cm³/mol. The van der Waals surface area contributed by atoms with Crippen LogP contribution >= 0.6 is 0 Å². The van der Waals surface area contributed by atoms with Crippen molar-refractivity contribution >= 4 is 12.1 Å². The smallest absolute Gasteiger partial charge is 0.410 e. The summed E-state index contributed by atoms with van der Waals surface area (Å²) in [6, 6.07) is 0. The maximum absolute atomic E-state index is 13.0. The molecule has 0 radical (unpaired) electrons. The first-order valence-electron chi connectivity index (χ1n) is 16.4. The van der Waals surface area contributed by atoms with Crippen molar-refractivity contribution in [1.82, 2.24) is 9.80 Å². The summed E-state index contributed by atoms with van der Waals surface area (Å²) in [5.74, 6) is -0.942. The fourth-order valence-electron chi connectivity index (χ4n) is 5.97. The van der Waals surface area contributed by atoms with Crippen molar-refractivity contribution in [2.24, 2.45) is 11.8 Å². The minimum atomic E-state index is -1.48. The van der Waals surface area contributed by atoms with E-state index in [0.29, 0.717) is 31.5 Å². The quantitative estimate of drug-likeness (QED) is 0.129. The number of rotatable bonds is 9. The Bertz CT molecular complexity index is 1080. The van der Waals surface area contributed by atoms with E-state index in [4.69, 9.17) is 14.2 Å². The molecule has 0 aromatic rings. The maximum atomic E-state index is 13.0. The van der Waals surface area contributed by atoms with Crippen LogP contribution in [0.1, 0.15) is 73.6 Å². The monoisotopic (exact) mass is 636 g/mol. The number of amides is 1. The molecule has 2 saturated heterocycles. The van der Waals surface area contributed by atoms with E-state index >= 15 is 0 Å². The molecule has 0 aromatic carbocycles. The number of cyclic esters (lactones) is 1. The van der Waals surface area contributed by atoms with Crippen LogP contribution in [0.5, 0.6) is 0 Å². The number of carbonyl (C=O) groups is 2. The van der Waals surface area contributed by atoms with Gasteiger partial charge in [-0.15, -0.1) is 0 Å². The fourth-order valence-corrected chi connectivity index (χ4v) is 5.97. The molecule has 3 aliphatic heterocycles. The largest absolute Gasteiger partial charge is 0.457 e. The summed E-state index contributed by atoms with van der Waals surface area (Å²) < 4.78 is 17.4. The number of nitrogens with zero attached hydrogens (tertiary/aromatic N) is 2. The highest BCUT2D eigenvalue weighted by atomic mass is 16.6. The number of allylic oxidation sites excluding steroid dienone is 2. The van der Waals surface area contributed by atoms with E-state index in [1.165, 1.54) is 0 Å². The van der Waals surface area contributed by atoms with Crippen LogP contribution in [-0.4, -0.2) is 123 Å². The molecule has 2 fully saturated rings. The molecule has 0 aliphatic carbocycles. The van der Waals surface area contributed by atoms with Gasteiger partial charge in [0.1, 0.15) is 11.7 Å². The van der Waals surface area contributed by atoms with Gasteiger partial charge in [0.15, 0.2) is 6.10 Å². The lowest BCUT2D eigenvalue weighted by Gasteiger charge is -2.36. The molecule has 10 atom stereocenters. The Kier molecular flexibility index (Phi) is 13.2. The minimum Gasteiger partial charge on any atom is -0.457 e. The molecule has 0 spiro atoms. The van der Waals surface area contributed by atoms with Gasteiger partial charge < -0.3 is 44.4 Å². The number of aliphatic hydroxyl groups excluding tert-OH is 2. The zero-order valence-corrected chi connectivity index (χ0v) is 28.1. The number of piperazine rings is 1. The molecule has 1 amide bonds. The van der Waals surface area contributed by atoms with Crippen molar-refractivity contribution in [3.63, 3.8) is 0 Å². The van der Waals surface area contributed by atoms with E-state index in [1.807, 2.05) is 34.7 Å². The van der Waals surface area contributed by atoms with Crippen LogP contribution < -0.4 is 0 Å². The third kappa shape index (κ3) is 11.2. The second-order valence-electron chi connectivity index (χ2n) is 13.8. The van der Waals surface area contributed by atoms with Crippen LogP contribution in [0.3, 0.4) is 0 Å². The van der Waals surface area contributed by atoms with Gasteiger partial charge in [0.05, 0.1) is 36.4 Å². The molecule has 3 heterocycles. The molecule has 4 N–H and O–H groups in total. The molecular formula is C34H56N2O9. The minimum absolute atomic E-state index is 0.00985. The van der Waals surface area contributed by atoms with Crippen molar-refractivity contribution in [1.29, 1.82) is 0 Å².